The van der Waals surface area contributed by atoms with Gasteiger partial charge in [0, 0.05) is 28.6 Å². The predicted molar refractivity (Wildman–Crippen MR) is 79.6 cm³/mol. The summed E-state index contributed by atoms with van der Waals surface area (Å²) in [5.41, 5.74) is 0.571. The summed E-state index contributed by atoms with van der Waals surface area (Å²) >= 11 is 9.24. The van der Waals surface area contributed by atoms with Crippen LogP contribution in [0.4, 0.5) is 0 Å². The maximum atomic E-state index is 12.2. The number of ether oxygens (including phenoxy) is 1. The highest BCUT2D eigenvalue weighted by Crippen LogP contribution is 2.42. The molecule has 0 aromatic heterocycles. The van der Waals surface area contributed by atoms with Gasteiger partial charge in [-0.3, -0.25) is 4.79 Å². The van der Waals surface area contributed by atoms with E-state index in [1.54, 1.807) is 25.3 Å². The number of halogens is 2. The average Bonchev–Trinajstić information content (AvgIpc) is 2.36. The summed E-state index contributed by atoms with van der Waals surface area (Å²) in [6, 6.07) is 5.31. The fourth-order valence-corrected chi connectivity index (χ4v) is 2.91. The van der Waals surface area contributed by atoms with Gasteiger partial charge in [0.1, 0.15) is 0 Å². The second-order valence-corrected chi connectivity index (χ2v) is 6.70. The normalized spacial score (nSPS) is 24.7. The van der Waals surface area contributed by atoms with Crippen LogP contribution in [0.2, 0.25) is 5.02 Å². The van der Waals surface area contributed by atoms with E-state index in [2.05, 4.69) is 35.1 Å². The molecule has 1 aromatic carbocycles. The van der Waals surface area contributed by atoms with Gasteiger partial charge in [-0.2, -0.15) is 0 Å². The molecule has 0 heterocycles. The second kappa shape index (κ2) is 5.43. The lowest BCUT2D eigenvalue weighted by Crippen LogP contribution is -2.61. The molecule has 0 bridgehead atoms. The number of nitrogens with one attached hydrogen (secondary N) is 1. The van der Waals surface area contributed by atoms with Gasteiger partial charge in [-0.05, 0) is 40.5 Å². The predicted octanol–water partition coefficient (Wildman–Crippen LogP) is 3.65. The van der Waals surface area contributed by atoms with E-state index in [1.807, 2.05) is 0 Å². The number of benzene rings is 1. The van der Waals surface area contributed by atoms with Crippen molar-refractivity contribution in [3.63, 3.8) is 0 Å². The molecule has 0 spiro atoms. The highest BCUT2D eigenvalue weighted by Gasteiger charge is 2.49. The van der Waals surface area contributed by atoms with E-state index in [0.717, 1.165) is 10.9 Å². The molecule has 1 fully saturated rings. The molecule has 1 aromatic rings. The van der Waals surface area contributed by atoms with Gasteiger partial charge in [0.25, 0.3) is 5.91 Å². The van der Waals surface area contributed by atoms with Crippen molar-refractivity contribution in [1.29, 1.82) is 0 Å². The van der Waals surface area contributed by atoms with Crippen LogP contribution in [0.5, 0.6) is 0 Å². The van der Waals surface area contributed by atoms with Crippen molar-refractivity contribution < 1.29 is 9.53 Å². The summed E-state index contributed by atoms with van der Waals surface area (Å²) < 4.78 is 6.10. The van der Waals surface area contributed by atoms with Crippen LogP contribution in [-0.2, 0) is 4.74 Å². The molecule has 2 rings (SSSR count). The molecule has 2 unspecified atom stereocenters. The van der Waals surface area contributed by atoms with E-state index >= 15 is 0 Å². The molecular formula is C14H17BrClNO2. The molecule has 1 aliphatic rings. The Labute approximate surface area is 126 Å². The third-order valence-electron chi connectivity index (χ3n) is 3.95. The Hall–Kier alpha value is -0.580. The Kier molecular flexibility index (Phi) is 4.23. The van der Waals surface area contributed by atoms with Crippen LogP contribution in [0.1, 0.15) is 30.6 Å². The van der Waals surface area contributed by atoms with Crippen molar-refractivity contribution in [1.82, 2.24) is 5.32 Å². The van der Waals surface area contributed by atoms with Gasteiger partial charge in [-0.25, -0.2) is 0 Å². The Balaban J connectivity index is 2.04. The van der Waals surface area contributed by atoms with Gasteiger partial charge in [0.05, 0.1) is 11.1 Å². The smallest absolute Gasteiger partial charge is 0.251 e. The van der Waals surface area contributed by atoms with E-state index in [9.17, 15) is 4.79 Å². The molecule has 0 radical (unpaired) electrons. The fraction of sp³-hybridized carbons (Fsp3) is 0.500. The topological polar surface area (TPSA) is 38.3 Å². The van der Waals surface area contributed by atoms with E-state index in [4.69, 9.17) is 16.3 Å². The molecule has 1 N–H and O–H groups in total. The van der Waals surface area contributed by atoms with Crippen molar-refractivity contribution in [3.8, 4) is 0 Å². The lowest BCUT2D eigenvalue weighted by Gasteiger charge is -2.51. The minimum Gasteiger partial charge on any atom is -0.381 e. The Morgan fingerprint density at radius 3 is 2.74 bits per heavy atom. The summed E-state index contributed by atoms with van der Waals surface area (Å²) in [4.78, 5) is 12.2. The SMILES string of the molecule is COC1CC(NC(=O)c2ccc(Cl)c(Br)c2)C1(C)C. The van der Waals surface area contributed by atoms with E-state index in [1.165, 1.54) is 0 Å². The van der Waals surface area contributed by atoms with Crippen molar-refractivity contribution in [2.45, 2.75) is 32.4 Å². The lowest BCUT2D eigenvalue weighted by molar-refractivity contribution is -0.0942. The minimum atomic E-state index is -0.0787. The maximum absolute atomic E-state index is 12.2. The van der Waals surface area contributed by atoms with Crippen molar-refractivity contribution >= 4 is 33.4 Å². The van der Waals surface area contributed by atoms with Gasteiger partial charge < -0.3 is 10.1 Å². The molecule has 19 heavy (non-hydrogen) atoms. The van der Waals surface area contributed by atoms with Crippen LogP contribution in [0, 0.1) is 5.41 Å². The standard InChI is InChI=1S/C14H17BrClNO2/c1-14(2)11(7-12(14)19-3)17-13(18)8-4-5-10(16)9(15)6-8/h4-6,11-12H,7H2,1-3H3,(H,17,18). The third kappa shape index (κ3) is 2.81. The molecule has 3 nitrogen and oxygen atoms in total. The molecule has 5 heteroatoms. The van der Waals surface area contributed by atoms with Crippen LogP contribution in [-0.4, -0.2) is 25.2 Å². The number of carbonyl (C=O) groups excluding carboxylic acids is 1. The van der Waals surface area contributed by atoms with Crippen molar-refractivity contribution in [3.05, 3.63) is 33.3 Å². The number of hydrogen-bond acceptors (Lipinski definition) is 2. The fourth-order valence-electron chi connectivity index (χ4n) is 2.41. The summed E-state index contributed by atoms with van der Waals surface area (Å²) in [5.74, 6) is -0.0787. The lowest BCUT2D eigenvalue weighted by atomic mass is 9.64. The largest absolute Gasteiger partial charge is 0.381 e. The highest BCUT2D eigenvalue weighted by atomic mass is 79.9. The summed E-state index contributed by atoms with van der Waals surface area (Å²) in [7, 11) is 1.71. The maximum Gasteiger partial charge on any atom is 0.251 e. The molecule has 1 amide bonds. The van der Waals surface area contributed by atoms with Crippen molar-refractivity contribution in [2.24, 2.45) is 5.41 Å². The first-order valence-electron chi connectivity index (χ1n) is 6.15. The molecular weight excluding hydrogens is 330 g/mol. The minimum absolute atomic E-state index is 0.0337. The molecule has 0 saturated heterocycles. The van der Waals surface area contributed by atoms with Crippen LogP contribution in [0.3, 0.4) is 0 Å². The second-order valence-electron chi connectivity index (χ2n) is 5.44. The Bertz CT molecular complexity index is 504. The number of amides is 1. The number of methoxy groups -OCH3 is 1. The molecule has 1 aliphatic carbocycles. The summed E-state index contributed by atoms with van der Waals surface area (Å²) in [6.07, 6.45) is 1.05. The van der Waals surface area contributed by atoms with Gasteiger partial charge >= 0.3 is 0 Å². The Morgan fingerprint density at radius 1 is 1.53 bits per heavy atom. The number of rotatable bonds is 3. The number of hydrogen-bond donors (Lipinski definition) is 1. The molecule has 104 valence electrons. The zero-order valence-corrected chi connectivity index (χ0v) is 13.5. The van der Waals surface area contributed by atoms with Crippen molar-refractivity contribution in [2.75, 3.05) is 7.11 Å². The average molecular weight is 347 g/mol. The van der Waals surface area contributed by atoms with Gasteiger partial charge in [0.2, 0.25) is 0 Å². The first kappa shape index (κ1) is 14.8. The Morgan fingerprint density at radius 2 is 2.21 bits per heavy atom. The molecule has 1 saturated carbocycles. The first-order chi connectivity index (χ1) is 8.86. The monoisotopic (exact) mass is 345 g/mol. The van der Waals surface area contributed by atoms with Gasteiger partial charge in [-0.15, -0.1) is 0 Å². The van der Waals surface area contributed by atoms with E-state index in [-0.39, 0.29) is 23.5 Å². The van der Waals surface area contributed by atoms with Crippen LogP contribution >= 0.6 is 27.5 Å². The summed E-state index contributed by atoms with van der Waals surface area (Å²) in [5, 5.41) is 3.65. The van der Waals surface area contributed by atoms with E-state index < -0.39 is 0 Å². The third-order valence-corrected chi connectivity index (χ3v) is 5.16. The zero-order chi connectivity index (χ0) is 14.2. The highest BCUT2D eigenvalue weighted by molar-refractivity contribution is 9.10. The van der Waals surface area contributed by atoms with Gasteiger partial charge in [-0.1, -0.05) is 25.4 Å². The molecule has 2 atom stereocenters. The number of carbonyl (C=O) groups is 1. The summed E-state index contributed by atoms with van der Waals surface area (Å²) in [6.45, 7) is 4.21. The quantitative estimate of drug-likeness (QED) is 0.907. The first-order valence-corrected chi connectivity index (χ1v) is 7.32. The zero-order valence-electron chi connectivity index (χ0n) is 11.2. The van der Waals surface area contributed by atoms with E-state index in [0.29, 0.717) is 10.6 Å². The van der Waals surface area contributed by atoms with Gasteiger partial charge in [0.15, 0.2) is 0 Å². The van der Waals surface area contributed by atoms with Crippen LogP contribution in [0.15, 0.2) is 22.7 Å². The molecule has 0 aliphatic heterocycles. The van der Waals surface area contributed by atoms with Crippen LogP contribution < -0.4 is 5.32 Å². The van der Waals surface area contributed by atoms with Crippen LogP contribution in [0.25, 0.3) is 0 Å².